The van der Waals surface area contributed by atoms with Gasteiger partial charge in [-0.15, -0.1) is 0 Å². The van der Waals surface area contributed by atoms with Gasteiger partial charge in [-0.2, -0.15) is 0 Å². The first-order chi connectivity index (χ1) is 6.43. The number of carbonyl (C=O) groups is 2. The fraction of sp³-hybridized carbons (Fsp3) is 0.818. The second-order valence-corrected chi connectivity index (χ2v) is 4.70. The monoisotopic (exact) mass is 197 g/mol. The molecule has 0 heterocycles. The minimum absolute atomic E-state index is 0.0926. The third-order valence-electron chi connectivity index (χ3n) is 3.00. The summed E-state index contributed by atoms with van der Waals surface area (Å²) in [6.07, 6.45) is 1.73. The molecule has 1 aliphatic rings. The maximum Gasteiger partial charge on any atom is 0.220 e. The Morgan fingerprint density at radius 2 is 1.93 bits per heavy atom. The van der Waals surface area contributed by atoms with Crippen LogP contribution < -0.4 is 5.73 Å². The SMILES string of the molecule is CC(C)C(=O)C1CC1CC(C)C(N)=O. The molecule has 3 atom stereocenters. The largest absolute Gasteiger partial charge is 0.369 e. The van der Waals surface area contributed by atoms with E-state index < -0.39 is 0 Å². The van der Waals surface area contributed by atoms with E-state index in [4.69, 9.17) is 5.73 Å². The van der Waals surface area contributed by atoms with Crippen molar-refractivity contribution in [3.8, 4) is 0 Å². The summed E-state index contributed by atoms with van der Waals surface area (Å²) in [7, 11) is 0. The Morgan fingerprint density at radius 3 is 2.36 bits per heavy atom. The predicted octanol–water partition coefficient (Wildman–Crippen LogP) is 1.36. The zero-order chi connectivity index (χ0) is 10.9. The van der Waals surface area contributed by atoms with Gasteiger partial charge in [0.2, 0.25) is 5.91 Å². The summed E-state index contributed by atoms with van der Waals surface area (Å²) in [5, 5.41) is 0. The lowest BCUT2D eigenvalue weighted by Crippen LogP contribution is -2.21. The van der Waals surface area contributed by atoms with Crippen LogP contribution in [0.2, 0.25) is 0 Å². The average molecular weight is 197 g/mol. The molecule has 0 aromatic carbocycles. The van der Waals surface area contributed by atoms with Crippen LogP contribution in [0.5, 0.6) is 0 Å². The molecule has 0 bridgehead atoms. The molecule has 0 aromatic heterocycles. The predicted molar refractivity (Wildman–Crippen MR) is 54.4 cm³/mol. The molecule has 3 nitrogen and oxygen atoms in total. The Balaban J connectivity index is 2.33. The Kier molecular flexibility index (Phi) is 3.29. The van der Waals surface area contributed by atoms with Crippen molar-refractivity contribution in [2.45, 2.75) is 33.6 Å². The van der Waals surface area contributed by atoms with Gasteiger partial charge in [0.25, 0.3) is 0 Å². The maximum atomic E-state index is 11.6. The van der Waals surface area contributed by atoms with Gasteiger partial charge in [0.05, 0.1) is 0 Å². The van der Waals surface area contributed by atoms with Crippen molar-refractivity contribution in [3.05, 3.63) is 0 Å². The molecule has 1 aliphatic carbocycles. The van der Waals surface area contributed by atoms with Crippen LogP contribution in [0.4, 0.5) is 0 Å². The van der Waals surface area contributed by atoms with Crippen LogP contribution in [-0.4, -0.2) is 11.7 Å². The average Bonchev–Trinajstić information content (AvgIpc) is 2.82. The first-order valence-electron chi connectivity index (χ1n) is 5.26. The van der Waals surface area contributed by atoms with E-state index >= 15 is 0 Å². The molecule has 0 saturated heterocycles. The van der Waals surface area contributed by atoms with Gasteiger partial charge in [-0.05, 0) is 18.8 Å². The Labute approximate surface area is 85.0 Å². The lowest BCUT2D eigenvalue weighted by Gasteiger charge is -2.06. The third kappa shape index (κ3) is 2.56. The molecule has 2 N–H and O–H groups in total. The van der Waals surface area contributed by atoms with E-state index in [1.807, 2.05) is 20.8 Å². The third-order valence-corrected chi connectivity index (χ3v) is 3.00. The van der Waals surface area contributed by atoms with Crippen molar-refractivity contribution >= 4 is 11.7 Å². The van der Waals surface area contributed by atoms with Crippen molar-refractivity contribution < 1.29 is 9.59 Å². The molecule has 1 fully saturated rings. The lowest BCUT2D eigenvalue weighted by atomic mass is 9.99. The highest BCUT2D eigenvalue weighted by atomic mass is 16.1. The number of Topliss-reactive ketones (excluding diaryl/α,β-unsaturated/α-hetero) is 1. The summed E-state index contributed by atoms with van der Waals surface area (Å²) in [6.45, 7) is 5.68. The molecule has 14 heavy (non-hydrogen) atoms. The van der Waals surface area contributed by atoms with Gasteiger partial charge in [-0.25, -0.2) is 0 Å². The number of hydrogen-bond donors (Lipinski definition) is 1. The van der Waals surface area contributed by atoms with E-state index in [2.05, 4.69) is 0 Å². The molecule has 3 heteroatoms. The molecule has 3 unspecified atom stereocenters. The van der Waals surface area contributed by atoms with Crippen LogP contribution >= 0.6 is 0 Å². The molecule has 0 radical (unpaired) electrons. The number of carbonyl (C=O) groups excluding carboxylic acids is 2. The van der Waals surface area contributed by atoms with Gasteiger partial charge in [-0.1, -0.05) is 20.8 Å². The lowest BCUT2D eigenvalue weighted by molar-refractivity contribution is -0.124. The molecule has 0 aliphatic heterocycles. The van der Waals surface area contributed by atoms with Gasteiger partial charge in [-0.3, -0.25) is 9.59 Å². The Hall–Kier alpha value is -0.860. The van der Waals surface area contributed by atoms with Crippen molar-refractivity contribution in [1.82, 2.24) is 0 Å². The zero-order valence-electron chi connectivity index (χ0n) is 9.12. The zero-order valence-corrected chi connectivity index (χ0v) is 9.12. The van der Waals surface area contributed by atoms with Gasteiger partial charge >= 0.3 is 0 Å². The first kappa shape index (κ1) is 11.2. The van der Waals surface area contributed by atoms with Crippen LogP contribution in [0.1, 0.15) is 33.6 Å². The summed E-state index contributed by atoms with van der Waals surface area (Å²) in [5.41, 5.74) is 5.17. The number of hydrogen-bond acceptors (Lipinski definition) is 2. The highest BCUT2D eigenvalue weighted by molar-refractivity contribution is 5.85. The molecule has 1 amide bonds. The van der Waals surface area contributed by atoms with Crippen LogP contribution in [0, 0.1) is 23.7 Å². The minimum Gasteiger partial charge on any atom is -0.369 e. The summed E-state index contributed by atoms with van der Waals surface area (Å²) in [6, 6.07) is 0. The van der Waals surface area contributed by atoms with Crippen LogP contribution in [-0.2, 0) is 9.59 Å². The standard InChI is InChI=1S/C11H19NO2/c1-6(2)10(13)9-5-8(9)4-7(3)11(12)14/h6-9H,4-5H2,1-3H3,(H2,12,14). The molecule has 80 valence electrons. The second-order valence-electron chi connectivity index (χ2n) is 4.70. The molecule has 0 aromatic rings. The number of rotatable bonds is 5. The minimum atomic E-state index is -0.257. The second kappa shape index (κ2) is 4.11. The van der Waals surface area contributed by atoms with Crippen molar-refractivity contribution in [2.75, 3.05) is 0 Å². The molecular formula is C11H19NO2. The Morgan fingerprint density at radius 1 is 1.36 bits per heavy atom. The van der Waals surface area contributed by atoms with Crippen molar-refractivity contribution in [2.24, 2.45) is 29.4 Å². The molecular weight excluding hydrogens is 178 g/mol. The Bertz CT molecular complexity index is 248. The summed E-state index contributed by atoms with van der Waals surface area (Å²) < 4.78 is 0. The number of nitrogens with two attached hydrogens (primary N) is 1. The summed E-state index contributed by atoms with van der Waals surface area (Å²) in [4.78, 5) is 22.4. The van der Waals surface area contributed by atoms with Gasteiger partial charge < -0.3 is 5.73 Å². The number of amides is 1. The summed E-state index contributed by atoms with van der Waals surface area (Å²) >= 11 is 0. The quantitative estimate of drug-likeness (QED) is 0.723. The maximum absolute atomic E-state index is 11.6. The van der Waals surface area contributed by atoms with Crippen molar-refractivity contribution in [3.63, 3.8) is 0 Å². The van der Waals surface area contributed by atoms with Gasteiger partial charge in [0, 0.05) is 17.8 Å². The van der Waals surface area contributed by atoms with E-state index in [-0.39, 0.29) is 23.7 Å². The highest BCUT2D eigenvalue weighted by Crippen LogP contribution is 2.44. The van der Waals surface area contributed by atoms with Crippen LogP contribution in [0.25, 0.3) is 0 Å². The van der Waals surface area contributed by atoms with E-state index in [0.717, 1.165) is 12.8 Å². The van der Waals surface area contributed by atoms with Crippen molar-refractivity contribution in [1.29, 1.82) is 0 Å². The van der Waals surface area contributed by atoms with Crippen LogP contribution in [0.15, 0.2) is 0 Å². The topological polar surface area (TPSA) is 60.2 Å². The normalized spacial score (nSPS) is 27.4. The highest BCUT2D eigenvalue weighted by Gasteiger charge is 2.43. The number of ketones is 1. The number of primary amides is 1. The first-order valence-corrected chi connectivity index (χ1v) is 5.26. The van der Waals surface area contributed by atoms with Gasteiger partial charge in [0.1, 0.15) is 5.78 Å². The van der Waals surface area contributed by atoms with Gasteiger partial charge in [0.15, 0.2) is 0 Å². The molecule has 0 spiro atoms. The van der Waals surface area contributed by atoms with E-state index in [1.165, 1.54) is 0 Å². The van der Waals surface area contributed by atoms with Crippen LogP contribution in [0.3, 0.4) is 0 Å². The van der Waals surface area contributed by atoms with E-state index in [1.54, 1.807) is 0 Å². The summed E-state index contributed by atoms with van der Waals surface area (Å²) in [5.74, 6) is 0.724. The molecule has 1 rings (SSSR count). The van der Waals surface area contributed by atoms with E-state index in [0.29, 0.717) is 11.7 Å². The molecule has 1 saturated carbocycles. The van der Waals surface area contributed by atoms with E-state index in [9.17, 15) is 9.59 Å². The fourth-order valence-corrected chi connectivity index (χ4v) is 1.85. The fourth-order valence-electron chi connectivity index (χ4n) is 1.85. The smallest absolute Gasteiger partial charge is 0.220 e.